The van der Waals surface area contributed by atoms with Gasteiger partial charge in [0, 0.05) is 12.6 Å². The third-order valence-electron chi connectivity index (χ3n) is 4.72. The summed E-state index contributed by atoms with van der Waals surface area (Å²) in [6.45, 7) is 2.38. The first-order chi connectivity index (χ1) is 12.4. The molecule has 0 bridgehead atoms. The molecule has 6 heteroatoms. The van der Waals surface area contributed by atoms with E-state index in [1.165, 1.54) is 7.11 Å². The number of ether oxygens (including phenoxy) is 1. The average Bonchev–Trinajstić information content (AvgIpc) is 3.00. The van der Waals surface area contributed by atoms with E-state index in [0.717, 1.165) is 11.1 Å². The molecule has 1 atom stereocenters. The van der Waals surface area contributed by atoms with Crippen molar-refractivity contribution in [2.75, 3.05) is 18.6 Å². The number of carbonyl (C=O) groups is 1. The minimum absolute atomic E-state index is 0.0136. The standard InChI is InChI=1S/C20H23NO4S/c1-15-7-9-16(10-8-15)13-21(17-11-12-26(23,24)14-17)20(22)18-5-3-4-6-19(18)25-2/h3-10,17H,11-14H2,1-2H3/t17-/m0/s1. The summed E-state index contributed by atoms with van der Waals surface area (Å²) < 4.78 is 29.2. The summed E-state index contributed by atoms with van der Waals surface area (Å²) in [6.07, 6.45) is 0.467. The van der Waals surface area contributed by atoms with Crippen molar-refractivity contribution in [2.24, 2.45) is 0 Å². The molecule has 0 radical (unpaired) electrons. The Balaban J connectivity index is 1.94. The van der Waals surface area contributed by atoms with E-state index in [-0.39, 0.29) is 23.5 Å². The fourth-order valence-corrected chi connectivity index (χ4v) is 4.98. The maximum atomic E-state index is 13.2. The molecule has 2 aromatic rings. The van der Waals surface area contributed by atoms with Crippen LogP contribution in [0.2, 0.25) is 0 Å². The predicted octanol–water partition coefficient (Wildman–Crippen LogP) is 2.83. The smallest absolute Gasteiger partial charge is 0.258 e. The molecule has 1 fully saturated rings. The van der Waals surface area contributed by atoms with E-state index in [0.29, 0.717) is 24.3 Å². The van der Waals surface area contributed by atoms with Gasteiger partial charge in [0.2, 0.25) is 0 Å². The number of amides is 1. The Morgan fingerprint density at radius 3 is 2.46 bits per heavy atom. The van der Waals surface area contributed by atoms with Gasteiger partial charge in [0.15, 0.2) is 9.84 Å². The molecule has 1 saturated heterocycles. The second-order valence-corrected chi connectivity index (χ2v) is 8.90. The largest absolute Gasteiger partial charge is 0.496 e. The lowest BCUT2D eigenvalue weighted by atomic mass is 10.1. The summed E-state index contributed by atoms with van der Waals surface area (Å²) in [5.41, 5.74) is 2.56. The summed E-state index contributed by atoms with van der Waals surface area (Å²) in [6, 6.07) is 14.7. The van der Waals surface area contributed by atoms with Crippen molar-refractivity contribution in [3.05, 3.63) is 65.2 Å². The second-order valence-electron chi connectivity index (χ2n) is 6.68. The van der Waals surface area contributed by atoms with Crippen LogP contribution in [0.4, 0.5) is 0 Å². The first-order valence-electron chi connectivity index (χ1n) is 8.59. The number of aryl methyl sites for hydroxylation is 1. The summed E-state index contributed by atoms with van der Waals surface area (Å²) in [5.74, 6) is 0.429. The molecule has 0 spiro atoms. The van der Waals surface area contributed by atoms with Crippen molar-refractivity contribution in [2.45, 2.75) is 25.9 Å². The van der Waals surface area contributed by atoms with Gasteiger partial charge in [-0.3, -0.25) is 4.79 Å². The zero-order valence-electron chi connectivity index (χ0n) is 15.0. The van der Waals surface area contributed by atoms with E-state index < -0.39 is 9.84 Å². The van der Waals surface area contributed by atoms with Crippen LogP contribution in [0.15, 0.2) is 48.5 Å². The van der Waals surface area contributed by atoms with Gasteiger partial charge in [0.25, 0.3) is 5.91 Å². The van der Waals surface area contributed by atoms with Crippen LogP contribution in [0.25, 0.3) is 0 Å². The number of para-hydroxylation sites is 1. The van der Waals surface area contributed by atoms with Crippen LogP contribution in [-0.4, -0.2) is 43.9 Å². The van der Waals surface area contributed by atoms with Crippen molar-refractivity contribution in [3.63, 3.8) is 0 Å². The molecule has 5 nitrogen and oxygen atoms in total. The third-order valence-corrected chi connectivity index (χ3v) is 6.47. The van der Waals surface area contributed by atoms with Crippen molar-refractivity contribution < 1.29 is 17.9 Å². The topological polar surface area (TPSA) is 63.7 Å². The Labute approximate surface area is 154 Å². The average molecular weight is 373 g/mol. The summed E-state index contributed by atoms with van der Waals surface area (Å²) >= 11 is 0. The maximum absolute atomic E-state index is 13.2. The summed E-state index contributed by atoms with van der Waals surface area (Å²) in [5, 5.41) is 0. The molecule has 0 aromatic heterocycles. The van der Waals surface area contributed by atoms with Crippen LogP contribution in [-0.2, 0) is 16.4 Å². The van der Waals surface area contributed by atoms with E-state index in [9.17, 15) is 13.2 Å². The molecule has 0 saturated carbocycles. The molecule has 0 unspecified atom stereocenters. The normalized spacial score (nSPS) is 18.5. The van der Waals surface area contributed by atoms with Gasteiger partial charge in [-0.2, -0.15) is 0 Å². The van der Waals surface area contributed by atoms with Crippen molar-refractivity contribution >= 4 is 15.7 Å². The second kappa shape index (κ2) is 7.50. The maximum Gasteiger partial charge on any atom is 0.258 e. The van der Waals surface area contributed by atoms with Gasteiger partial charge in [-0.25, -0.2) is 8.42 Å². The van der Waals surface area contributed by atoms with Gasteiger partial charge < -0.3 is 9.64 Å². The first-order valence-corrected chi connectivity index (χ1v) is 10.4. The van der Waals surface area contributed by atoms with Crippen molar-refractivity contribution in [3.8, 4) is 5.75 Å². The van der Waals surface area contributed by atoms with Gasteiger partial charge in [-0.05, 0) is 31.0 Å². The lowest BCUT2D eigenvalue weighted by Crippen LogP contribution is -2.40. The van der Waals surface area contributed by atoms with Gasteiger partial charge in [0.1, 0.15) is 5.75 Å². The Hall–Kier alpha value is -2.34. The zero-order valence-corrected chi connectivity index (χ0v) is 15.8. The number of rotatable bonds is 5. The summed E-state index contributed by atoms with van der Waals surface area (Å²) in [4.78, 5) is 14.9. The van der Waals surface area contributed by atoms with Gasteiger partial charge in [-0.15, -0.1) is 0 Å². The number of sulfone groups is 1. The Morgan fingerprint density at radius 2 is 1.85 bits per heavy atom. The minimum atomic E-state index is -3.10. The highest BCUT2D eigenvalue weighted by molar-refractivity contribution is 7.91. The molecule has 138 valence electrons. The molecule has 0 aliphatic carbocycles. The van der Waals surface area contributed by atoms with E-state index in [1.54, 1.807) is 29.2 Å². The number of hydrogen-bond donors (Lipinski definition) is 0. The number of methoxy groups -OCH3 is 1. The molecular weight excluding hydrogens is 350 g/mol. The van der Waals surface area contributed by atoms with Crippen LogP contribution in [0.1, 0.15) is 27.9 Å². The van der Waals surface area contributed by atoms with Crippen LogP contribution in [0, 0.1) is 6.92 Å². The summed E-state index contributed by atoms with van der Waals surface area (Å²) in [7, 11) is -1.57. The lowest BCUT2D eigenvalue weighted by Gasteiger charge is -2.29. The molecular formula is C20H23NO4S. The molecule has 3 rings (SSSR count). The SMILES string of the molecule is COc1ccccc1C(=O)N(Cc1ccc(C)cc1)[C@H]1CCS(=O)(=O)C1. The Kier molecular flexibility index (Phi) is 5.32. The van der Waals surface area contributed by atoms with Gasteiger partial charge >= 0.3 is 0 Å². The van der Waals surface area contributed by atoms with Crippen LogP contribution in [0.3, 0.4) is 0 Å². The fourth-order valence-electron chi connectivity index (χ4n) is 3.25. The molecule has 2 aromatic carbocycles. The Morgan fingerprint density at radius 1 is 1.15 bits per heavy atom. The van der Waals surface area contributed by atoms with Gasteiger partial charge in [0.05, 0.1) is 24.2 Å². The lowest BCUT2D eigenvalue weighted by molar-refractivity contribution is 0.0677. The highest BCUT2D eigenvalue weighted by Gasteiger charge is 2.35. The number of benzene rings is 2. The van der Waals surface area contributed by atoms with E-state index in [4.69, 9.17) is 4.74 Å². The number of carbonyl (C=O) groups excluding carboxylic acids is 1. The molecule has 1 aliphatic heterocycles. The molecule has 1 heterocycles. The Bertz CT molecular complexity index is 890. The van der Waals surface area contributed by atoms with Crippen LogP contribution >= 0.6 is 0 Å². The highest BCUT2D eigenvalue weighted by atomic mass is 32.2. The van der Waals surface area contributed by atoms with E-state index >= 15 is 0 Å². The van der Waals surface area contributed by atoms with Crippen LogP contribution in [0.5, 0.6) is 5.75 Å². The highest BCUT2D eigenvalue weighted by Crippen LogP contribution is 2.26. The quantitative estimate of drug-likeness (QED) is 0.808. The fraction of sp³-hybridized carbons (Fsp3) is 0.350. The van der Waals surface area contributed by atoms with Crippen LogP contribution < -0.4 is 4.74 Å². The first kappa shape index (κ1) is 18.5. The van der Waals surface area contributed by atoms with Crippen molar-refractivity contribution in [1.82, 2.24) is 4.90 Å². The number of nitrogens with zero attached hydrogens (tertiary/aromatic N) is 1. The monoisotopic (exact) mass is 373 g/mol. The number of hydrogen-bond acceptors (Lipinski definition) is 4. The molecule has 1 amide bonds. The zero-order chi connectivity index (χ0) is 18.7. The van der Waals surface area contributed by atoms with E-state index in [2.05, 4.69) is 0 Å². The molecule has 0 N–H and O–H groups in total. The predicted molar refractivity (Wildman–Crippen MR) is 101 cm³/mol. The van der Waals surface area contributed by atoms with Gasteiger partial charge in [-0.1, -0.05) is 42.0 Å². The minimum Gasteiger partial charge on any atom is -0.496 e. The molecule has 1 aliphatic rings. The molecule has 26 heavy (non-hydrogen) atoms. The van der Waals surface area contributed by atoms with E-state index in [1.807, 2.05) is 31.2 Å². The van der Waals surface area contributed by atoms with Crippen molar-refractivity contribution in [1.29, 1.82) is 0 Å². The third kappa shape index (κ3) is 4.07.